The van der Waals surface area contributed by atoms with E-state index in [1.165, 1.54) is 11.3 Å². The minimum atomic E-state index is -0.835. The van der Waals surface area contributed by atoms with Crippen molar-refractivity contribution < 1.29 is 10.0 Å². The molecular weight excluding hydrogens is 450 g/mol. The van der Waals surface area contributed by atoms with Crippen LogP contribution >= 0.6 is 34.7 Å². The number of thioether (sulfide) groups is 1. The Balaban J connectivity index is 1.75. The van der Waals surface area contributed by atoms with Crippen molar-refractivity contribution in [2.75, 3.05) is 18.8 Å². The van der Waals surface area contributed by atoms with Crippen LogP contribution < -0.4 is 22.1 Å². The topological polar surface area (TPSA) is 165 Å². The summed E-state index contributed by atoms with van der Waals surface area (Å²) in [6.07, 6.45) is -0.000979. The lowest BCUT2D eigenvalue weighted by Crippen LogP contribution is -2.31. The maximum atomic E-state index is 10.8. The second kappa shape index (κ2) is 12.2. The molecule has 1 aromatic heterocycles. The molecule has 2 aromatic rings. The van der Waals surface area contributed by atoms with Gasteiger partial charge in [-0.15, -0.1) is 11.3 Å². The lowest BCUT2D eigenvalue weighted by molar-refractivity contribution is -0.404. The lowest BCUT2D eigenvalue weighted by atomic mass is 10.1. The quantitative estimate of drug-likeness (QED) is 0.102. The van der Waals surface area contributed by atoms with Crippen molar-refractivity contribution in [3.05, 3.63) is 68.1 Å². The number of hydrogen-bond acceptors (Lipinski definition) is 9. The van der Waals surface area contributed by atoms with Crippen LogP contribution in [0.25, 0.3) is 0 Å². The van der Waals surface area contributed by atoms with E-state index < -0.39 is 11.0 Å². The first kappa shape index (κ1) is 23.7. The average molecular weight is 472 g/mol. The zero-order valence-corrected chi connectivity index (χ0v) is 18.2. The average Bonchev–Trinajstić information content (AvgIpc) is 3.12. The third-order valence-corrected chi connectivity index (χ3v) is 5.58. The van der Waals surface area contributed by atoms with Crippen LogP contribution in [0.2, 0.25) is 5.02 Å². The van der Waals surface area contributed by atoms with Gasteiger partial charge in [-0.3, -0.25) is 10.1 Å². The molecule has 1 aromatic carbocycles. The number of aliphatic imine (C=N–C) groups is 1. The van der Waals surface area contributed by atoms with Gasteiger partial charge in [0.1, 0.15) is 0 Å². The van der Waals surface area contributed by atoms with Crippen molar-refractivity contribution in [1.29, 1.82) is 0 Å². The summed E-state index contributed by atoms with van der Waals surface area (Å²) in [5.74, 6) is 1.53. The van der Waals surface area contributed by atoms with Gasteiger partial charge in [0, 0.05) is 35.0 Å². The number of guanidine groups is 1. The summed E-state index contributed by atoms with van der Waals surface area (Å²) in [5.41, 5.74) is 12.2. The Morgan fingerprint density at radius 3 is 2.80 bits per heavy atom. The Labute approximate surface area is 186 Å². The van der Waals surface area contributed by atoms with Gasteiger partial charge >= 0.3 is 0 Å². The fraction of sp³-hybridized carbons (Fsp3) is 0.294. The highest BCUT2D eigenvalue weighted by Gasteiger charge is 2.10. The number of nitrogens with two attached hydrogens (primary N) is 2. The van der Waals surface area contributed by atoms with Gasteiger partial charge < -0.3 is 27.2 Å². The molecule has 2 rings (SSSR count). The van der Waals surface area contributed by atoms with E-state index >= 15 is 0 Å². The smallest absolute Gasteiger partial charge is 0.274 e. The SMILES string of the molecule is NC(N)=Nc1nc(CSCCN/C(=C/[N+](=O)[O-])NCC(O)c2ccc(Cl)cc2)cs1. The summed E-state index contributed by atoms with van der Waals surface area (Å²) >= 11 is 8.79. The predicted molar refractivity (Wildman–Crippen MR) is 121 cm³/mol. The normalized spacial score (nSPS) is 12.3. The summed E-state index contributed by atoms with van der Waals surface area (Å²) in [6, 6.07) is 6.75. The molecule has 7 N–H and O–H groups in total. The highest BCUT2D eigenvalue weighted by atomic mass is 35.5. The highest BCUT2D eigenvalue weighted by Crippen LogP contribution is 2.21. The van der Waals surface area contributed by atoms with Crippen molar-refractivity contribution in [2.24, 2.45) is 16.5 Å². The number of aromatic nitrogens is 1. The van der Waals surface area contributed by atoms with Crippen LogP contribution in [0, 0.1) is 10.1 Å². The Morgan fingerprint density at radius 1 is 1.40 bits per heavy atom. The van der Waals surface area contributed by atoms with Crippen LogP contribution in [-0.2, 0) is 5.75 Å². The zero-order chi connectivity index (χ0) is 21.9. The van der Waals surface area contributed by atoms with Crippen LogP contribution in [0.4, 0.5) is 5.13 Å². The molecule has 0 aliphatic heterocycles. The molecule has 0 saturated carbocycles. The first-order chi connectivity index (χ1) is 14.3. The zero-order valence-electron chi connectivity index (χ0n) is 15.8. The van der Waals surface area contributed by atoms with Crippen LogP contribution in [0.1, 0.15) is 17.4 Å². The predicted octanol–water partition coefficient (Wildman–Crippen LogP) is 1.92. The van der Waals surface area contributed by atoms with E-state index in [9.17, 15) is 15.2 Å². The number of aliphatic hydroxyl groups is 1. The third-order valence-electron chi connectivity index (χ3n) is 3.55. The van der Waals surface area contributed by atoms with E-state index in [0.717, 1.165) is 11.9 Å². The molecule has 162 valence electrons. The van der Waals surface area contributed by atoms with Gasteiger partial charge in [-0.25, -0.2) is 4.98 Å². The molecule has 0 bridgehead atoms. The maximum absolute atomic E-state index is 10.8. The number of halogens is 1. The molecular formula is C17H22ClN7O3S2. The van der Waals surface area contributed by atoms with Gasteiger partial charge in [0.25, 0.3) is 6.20 Å². The maximum Gasteiger partial charge on any atom is 0.274 e. The second-order valence-corrected chi connectivity index (χ2v) is 8.29. The molecule has 13 heteroatoms. The number of nitro groups is 1. The molecule has 0 saturated heterocycles. The highest BCUT2D eigenvalue weighted by molar-refractivity contribution is 7.98. The van der Waals surface area contributed by atoms with Crippen molar-refractivity contribution in [3.8, 4) is 0 Å². The number of benzene rings is 1. The molecule has 30 heavy (non-hydrogen) atoms. The van der Waals surface area contributed by atoms with Crippen molar-refractivity contribution in [2.45, 2.75) is 11.9 Å². The summed E-state index contributed by atoms with van der Waals surface area (Å²) in [7, 11) is 0. The first-order valence-corrected chi connectivity index (χ1v) is 11.1. The van der Waals surface area contributed by atoms with E-state index in [2.05, 4.69) is 20.6 Å². The van der Waals surface area contributed by atoms with Gasteiger partial charge in [-0.05, 0) is 17.7 Å². The third kappa shape index (κ3) is 8.86. The molecule has 0 aliphatic rings. The number of aliphatic hydroxyl groups excluding tert-OH is 1. The van der Waals surface area contributed by atoms with Crippen LogP contribution in [-0.4, -0.2) is 39.8 Å². The molecule has 0 spiro atoms. The van der Waals surface area contributed by atoms with Crippen LogP contribution in [0.3, 0.4) is 0 Å². The molecule has 0 aliphatic carbocycles. The standard InChI is InChI=1S/C17H22ClN7O3S2/c18-12-3-1-11(2-4-12)14(26)7-22-15(8-25(27)28)21-5-6-29-9-13-10-30-17(23-13)24-16(19)20/h1-4,8,10,14,21-22,26H,5-7,9H2,(H4,19,20,23,24)/b15-8-. The number of hydrogen-bond donors (Lipinski definition) is 5. The van der Waals surface area contributed by atoms with E-state index in [0.29, 0.717) is 33.8 Å². The van der Waals surface area contributed by atoms with Gasteiger partial charge in [0.2, 0.25) is 5.13 Å². The molecule has 10 nitrogen and oxygen atoms in total. The van der Waals surface area contributed by atoms with E-state index in [4.69, 9.17) is 23.1 Å². The fourth-order valence-corrected chi connectivity index (χ4v) is 3.91. The van der Waals surface area contributed by atoms with Gasteiger partial charge in [-0.1, -0.05) is 23.7 Å². The fourth-order valence-electron chi connectivity index (χ4n) is 2.23. The molecule has 0 amide bonds. The minimum Gasteiger partial charge on any atom is -0.387 e. The molecule has 1 atom stereocenters. The Hall–Kier alpha value is -2.54. The van der Waals surface area contributed by atoms with E-state index in [-0.39, 0.29) is 18.3 Å². The lowest BCUT2D eigenvalue weighted by Gasteiger charge is -2.15. The van der Waals surface area contributed by atoms with Crippen molar-refractivity contribution >= 4 is 45.8 Å². The molecule has 1 unspecified atom stereocenters. The van der Waals surface area contributed by atoms with Gasteiger partial charge in [0.15, 0.2) is 11.8 Å². The number of nitrogens with zero attached hydrogens (tertiary/aromatic N) is 3. The Kier molecular flexibility index (Phi) is 9.67. The summed E-state index contributed by atoms with van der Waals surface area (Å²) in [4.78, 5) is 18.5. The van der Waals surface area contributed by atoms with Crippen molar-refractivity contribution in [1.82, 2.24) is 15.6 Å². The summed E-state index contributed by atoms with van der Waals surface area (Å²) < 4.78 is 0. The molecule has 1 heterocycles. The van der Waals surface area contributed by atoms with Crippen molar-refractivity contribution in [3.63, 3.8) is 0 Å². The largest absolute Gasteiger partial charge is 0.387 e. The molecule has 0 fully saturated rings. The number of rotatable bonds is 12. The Bertz CT molecular complexity index is 886. The molecule has 0 radical (unpaired) electrons. The first-order valence-electron chi connectivity index (χ1n) is 8.72. The van der Waals surface area contributed by atoms with Crippen LogP contribution in [0.5, 0.6) is 0 Å². The van der Waals surface area contributed by atoms with Crippen LogP contribution in [0.15, 0.2) is 46.7 Å². The Morgan fingerprint density at radius 2 is 2.13 bits per heavy atom. The van der Waals surface area contributed by atoms with Gasteiger partial charge in [0.05, 0.1) is 16.7 Å². The summed E-state index contributed by atoms with van der Waals surface area (Å²) in [5, 5.41) is 29.8. The summed E-state index contributed by atoms with van der Waals surface area (Å²) in [6.45, 7) is 0.590. The van der Waals surface area contributed by atoms with Gasteiger partial charge in [-0.2, -0.15) is 16.8 Å². The minimum absolute atomic E-state index is 0.0356. The number of nitrogens with one attached hydrogen (secondary N) is 2. The second-order valence-electron chi connectivity index (χ2n) is 5.91. The van der Waals surface area contributed by atoms with E-state index in [1.807, 2.05) is 5.38 Å². The number of thiazole rings is 1. The van der Waals surface area contributed by atoms with E-state index in [1.54, 1.807) is 36.0 Å². The monoisotopic (exact) mass is 471 g/mol.